The molecule has 1 amide bonds. The molecule has 0 N–H and O–H groups in total. The second-order valence-electron chi connectivity index (χ2n) is 7.35. The average Bonchev–Trinajstić information content (AvgIpc) is 3.29. The lowest BCUT2D eigenvalue weighted by molar-refractivity contribution is -0.385. The summed E-state index contributed by atoms with van der Waals surface area (Å²) in [6.07, 6.45) is 0. The Morgan fingerprint density at radius 2 is 1.78 bits per heavy atom. The van der Waals surface area contributed by atoms with E-state index >= 15 is 0 Å². The first-order valence-electron chi connectivity index (χ1n) is 9.82. The molecule has 0 atom stereocenters. The lowest BCUT2D eigenvalue weighted by atomic mass is 10.2. The highest BCUT2D eigenvalue weighted by atomic mass is 32.2. The van der Waals surface area contributed by atoms with Crippen molar-refractivity contribution in [1.29, 1.82) is 0 Å². The number of amides is 1. The van der Waals surface area contributed by atoms with Gasteiger partial charge in [-0.15, -0.1) is 11.3 Å². The zero-order valence-electron chi connectivity index (χ0n) is 17.2. The number of aromatic nitrogens is 1. The Balaban J connectivity index is 1.43. The zero-order valence-corrected chi connectivity index (χ0v) is 18.8. The summed E-state index contributed by atoms with van der Waals surface area (Å²) < 4.78 is 27.0. The summed E-state index contributed by atoms with van der Waals surface area (Å²) in [6, 6.07) is 12.9. The molecule has 1 aliphatic rings. The van der Waals surface area contributed by atoms with Crippen molar-refractivity contribution in [1.82, 2.24) is 14.2 Å². The van der Waals surface area contributed by atoms with Crippen LogP contribution in [-0.2, 0) is 10.0 Å². The van der Waals surface area contributed by atoms with Gasteiger partial charge in [-0.2, -0.15) is 4.31 Å². The van der Waals surface area contributed by atoms with Gasteiger partial charge < -0.3 is 4.90 Å². The number of carbonyl (C=O) groups is 1. The number of piperazine rings is 1. The molecule has 3 aromatic rings. The van der Waals surface area contributed by atoms with E-state index in [2.05, 4.69) is 4.98 Å². The molecule has 11 heteroatoms. The Hall–Kier alpha value is -3.15. The van der Waals surface area contributed by atoms with Crippen molar-refractivity contribution in [3.63, 3.8) is 0 Å². The number of hydrogen-bond donors (Lipinski definition) is 0. The molecule has 32 heavy (non-hydrogen) atoms. The van der Waals surface area contributed by atoms with Crippen molar-refractivity contribution in [3.8, 4) is 10.6 Å². The number of thiazole rings is 1. The highest BCUT2D eigenvalue weighted by molar-refractivity contribution is 7.89. The molecule has 0 aliphatic carbocycles. The van der Waals surface area contributed by atoms with Gasteiger partial charge in [0.2, 0.25) is 10.0 Å². The van der Waals surface area contributed by atoms with E-state index in [1.807, 2.05) is 31.2 Å². The lowest BCUT2D eigenvalue weighted by Gasteiger charge is -2.33. The fourth-order valence-electron chi connectivity index (χ4n) is 3.40. The maximum Gasteiger partial charge on any atom is 0.273 e. The largest absolute Gasteiger partial charge is 0.335 e. The van der Waals surface area contributed by atoms with E-state index in [1.54, 1.807) is 10.3 Å². The predicted octanol–water partition coefficient (Wildman–Crippen LogP) is 3.17. The number of carbonyl (C=O) groups excluding carboxylic acids is 1. The standard InChI is InChI=1S/C21H20N4O5S2/c1-15-5-7-16(8-6-15)20-22-19(14-31-20)21(26)23-9-11-24(12-10-23)32(29,30)18-4-2-3-17(13-18)25(27)28/h2-8,13-14H,9-12H2,1H3. The monoisotopic (exact) mass is 472 g/mol. The number of sulfonamides is 1. The van der Waals surface area contributed by atoms with Gasteiger partial charge in [-0.25, -0.2) is 13.4 Å². The molecule has 1 saturated heterocycles. The molecular formula is C21H20N4O5S2. The maximum atomic E-state index is 12.9. The van der Waals surface area contributed by atoms with Crippen LogP contribution in [0.4, 0.5) is 5.69 Å². The van der Waals surface area contributed by atoms with Crippen LogP contribution in [0.5, 0.6) is 0 Å². The van der Waals surface area contributed by atoms with Gasteiger partial charge in [0.05, 0.1) is 9.82 Å². The number of nitro benzene ring substituents is 1. The number of benzene rings is 2. The fourth-order valence-corrected chi connectivity index (χ4v) is 5.66. The van der Waals surface area contributed by atoms with Crippen LogP contribution in [0.1, 0.15) is 16.1 Å². The van der Waals surface area contributed by atoms with Crippen molar-refractivity contribution in [3.05, 3.63) is 75.3 Å². The van der Waals surface area contributed by atoms with Gasteiger partial charge in [-0.1, -0.05) is 35.9 Å². The fraction of sp³-hybridized carbons (Fsp3) is 0.238. The molecule has 0 unspecified atom stereocenters. The number of nitro groups is 1. The third-order valence-corrected chi connectivity index (χ3v) is 8.00. The first kappa shape index (κ1) is 22.1. The first-order chi connectivity index (χ1) is 15.3. The minimum atomic E-state index is -3.89. The molecule has 4 rings (SSSR count). The highest BCUT2D eigenvalue weighted by Gasteiger charge is 2.31. The number of aryl methyl sites for hydroxylation is 1. The van der Waals surface area contributed by atoms with Crippen LogP contribution in [0, 0.1) is 17.0 Å². The highest BCUT2D eigenvalue weighted by Crippen LogP contribution is 2.26. The summed E-state index contributed by atoms with van der Waals surface area (Å²) in [6.45, 7) is 2.63. The maximum absolute atomic E-state index is 12.9. The molecule has 9 nitrogen and oxygen atoms in total. The van der Waals surface area contributed by atoms with Gasteiger partial charge in [0, 0.05) is 49.3 Å². The minimum absolute atomic E-state index is 0.103. The molecular weight excluding hydrogens is 452 g/mol. The Labute approximate surface area is 189 Å². The van der Waals surface area contributed by atoms with E-state index in [-0.39, 0.29) is 42.7 Å². The predicted molar refractivity (Wildman–Crippen MR) is 120 cm³/mol. The van der Waals surface area contributed by atoms with Crippen LogP contribution in [0.3, 0.4) is 0 Å². The van der Waals surface area contributed by atoms with Crippen LogP contribution >= 0.6 is 11.3 Å². The van der Waals surface area contributed by atoms with Crippen LogP contribution < -0.4 is 0 Å². The van der Waals surface area contributed by atoms with E-state index in [0.29, 0.717) is 5.69 Å². The molecule has 166 valence electrons. The Bertz CT molecular complexity index is 1260. The average molecular weight is 473 g/mol. The van der Waals surface area contributed by atoms with Gasteiger partial charge in [0.25, 0.3) is 11.6 Å². The number of rotatable bonds is 5. The Morgan fingerprint density at radius 3 is 2.44 bits per heavy atom. The third kappa shape index (κ3) is 4.40. The smallest absolute Gasteiger partial charge is 0.273 e. The second-order valence-corrected chi connectivity index (χ2v) is 10.2. The summed E-state index contributed by atoms with van der Waals surface area (Å²) in [5.74, 6) is -0.244. The van der Waals surface area contributed by atoms with Crippen molar-refractivity contribution in [2.24, 2.45) is 0 Å². The van der Waals surface area contributed by atoms with Gasteiger partial charge in [0.15, 0.2) is 0 Å². The van der Waals surface area contributed by atoms with Crippen LogP contribution in [0.15, 0.2) is 58.8 Å². The topological polar surface area (TPSA) is 114 Å². The van der Waals surface area contributed by atoms with Crippen LogP contribution in [0.2, 0.25) is 0 Å². The van der Waals surface area contributed by atoms with Crippen molar-refractivity contribution >= 4 is 33.0 Å². The van der Waals surface area contributed by atoms with Gasteiger partial charge in [0.1, 0.15) is 10.7 Å². The lowest BCUT2D eigenvalue weighted by Crippen LogP contribution is -2.50. The summed E-state index contributed by atoms with van der Waals surface area (Å²) in [4.78, 5) is 29.1. The zero-order chi connectivity index (χ0) is 22.9. The number of non-ortho nitro benzene ring substituents is 1. The SMILES string of the molecule is Cc1ccc(-c2nc(C(=O)N3CCN(S(=O)(=O)c4cccc([N+](=O)[O-])c4)CC3)cs2)cc1. The quantitative estimate of drug-likeness (QED) is 0.416. The molecule has 1 aromatic heterocycles. The van der Waals surface area contributed by atoms with Gasteiger partial charge in [-0.05, 0) is 13.0 Å². The summed E-state index contributed by atoms with van der Waals surface area (Å²) in [7, 11) is -3.89. The first-order valence-corrected chi connectivity index (χ1v) is 12.1. The molecule has 0 spiro atoms. The number of hydrogen-bond acceptors (Lipinski definition) is 7. The summed E-state index contributed by atoms with van der Waals surface area (Å²) in [5.41, 5.74) is 2.13. The molecule has 1 fully saturated rings. The van der Waals surface area contributed by atoms with E-state index in [1.165, 1.54) is 33.8 Å². The van der Waals surface area contributed by atoms with Gasteiger partial charge in [-0.3, -0.25) is 14.9 Å². The molecule has 0 radical (unpaired) electrons. The summed E-state index contributed by atoms with van der Waals surface area (Å²) >= 11 is 1.39. The van der Waals surface area contributed by atoms with Gasteiger partial charge >= 0.3 is 0 Å². The van der Waals surface area contributed by atoms with Crippen molar-refractivity contribution in [2.75, 3.05) is 26.2 Å². The molecule has 2 heterocycles. The second kappa shape index (κ2) is 8.77. The van der Waals surface area contributed by atoms with Crippen molar-refractivity contribution in [2.45, 2.75) is 11.8 Å². The molecule has 1 aliphatic heterocycles. The van der Waals surface area contributed by atoms with Crippen molar-refractivity contribution < 1.29 is 18.1 Å². The van der Waals surface area contributed by atoms with Crippen LogP contribution in [-0.4, -0.2) is 59.6 Å². The molecule has 2 aromatic carbocycles. The van der Waals surface area contributed by atoms with E-state index in [9.17, 15) is 23.3 Å². The molecule has 0 bridgehead atoms. The van der Waals surface area contributed by atoms with Crippen LogP contribution in [0.25, 0.3) is 10.6 Å². The van der Waals surface area contributed by atoms with E-state index in [0.717, 1.165) is 22.2 Å². The van der Waals surface area contributed by atoms with E-state index in [4.69, 9.17) is 0 Å². The van der Waals surface area contributed by atoms with E-state index < -0.39 is 14.9 Å². The Kier molecular flexibility index (Phi) is 6.04. The minimum Gasteiger partial charge on any atom is -0.335 e. The summed E-state index contributed by atoms with van der Waals surface area (Å²) in [5, 5.41) is 13.4. The molecule has 0 saturated carbocycles. The Morgan fingerprint density at radius 1 is 1.09 bits per heavy atom. The normalized spacial score (nSPS) is 15.0. The number of nitrogens with zero attached hydrogens (tertiary/aromatic N) is 4. The third-order valence-electron chi connectivity index (χ3n) is 5.21.